The fraction of sp³-hybridized carbons (Fsp3) is 0.200. The third kappa shape index (κ3) is 2.05. The van der Waals surface area contributed by atoms with Gasteiger partial charge in [-0.25, -0.2) is 0 Å². The third-order valence-corrected chi connectivity index (χ3v) is 3.43. The molecule has 3 rings (SSSR count). The number of pyridine rings is 1. The summed E-state index contributed by atoms with van der Waals surface area (Å²) in [6, 6.07) is 9.83. The molecule has 19 heavy (non-hydrogen) atoms. The van der Waals surface area contributed by atoms with Crippen molar-refractivity contribution in [3.8, 4) is 0 Å². The monoisotopic (exact) mass is 253 g/mol. The number of carbonyl (C=O) groups excluding carboxylic acids is 1. The van der Waals surface area contributed by atoms with Crippen LogP contribution in [0.4, 0.5) is 5.69 Å². The molecular weight excluding hydrogens is 238 g/mol. The molecule has 2 heterocycles. The lowest BCUT2D eigenvalue weighted by atomic mass is 10.1. The molecule has 1 aliphatic rings. The van der Waals surface area contributed by atoms with Crippen molar-refractivity contribution < 1.29 is 4.79 Å². The van der Waals surface area contributed by atoms with E-state index in [2.05, 4.69) is 17.1 Å². The fourth-order valence-electron chi connectivity index (χ4n) is 2.41. The number of rotatable bonds is 1. The Bertz CT molecular complexity index is 627. The Hall–Kier alpha value is -2.36. The zero-order valence-electron chi connectivity index (χ0n) is 10.8. The van der Waals surface area contributed by atoms with E-state index in [1.807, 2.05) is 19.1 Å². The average Bonchev–Trinajstić information content (AvgIpc) is 2.81. The van der Waals surface area contributed by atoms with Crippen molar-refractivity contribution in [2.24, 2.45) is 0 Å². The first-order chi connectivity index (χ1) is 9.15. The Morgan fingerprint density at radius 2 is 1.89 bits per heavy atom. The summed E-state index contributed by atoms with van der Waals surface area (Å²) in [6.45, 7) is 3.14. The molecule has 1 aromatic heterocycles. The number of fused-ring (bicyclic) bond motifs is 1. The number of hydrogen-bond acceptors (Lipinski definition) is 3. The molecule has 0 saturated carbocycles. The Morgan fingerprint density at radius 1 is 1.26 bits per heavy atom. The van der Waals surface area contributed by atoms with Gasteiger partial charge < -0.3 is 10.6 Å². The van der Waals surface area contributed by atoms with Gasteiger partial charge in [0.2, 0.25) is 0 Å². The highest BCUT2D eigenvalue weighted by molar-refractivity contribution is 5.99. The van der Waals surface area contributed by atoms with E-state index in [1.54, 1.807) is 17.2 Å². The Morgan fingerprint density at radius 3 is 2.47 bits per heavy atom. The summed E-state index contributed by atoms with van der Waals surface area (Å²) < 4.78 is 0. The van der Waals surface area contributed by atoms with Gasteiger partial charge in [0.05, 0.1) is 5.56 Å². The molecule has 2 N–H and O–H groups in total. The van der Waals surface area contributed by atoms with Gasteiger partial charge >= 0.3 is 0 Å². The second-order valence-electron chi connectivity index (χ2n) is 4.84. The van der Waals surface area contributed by atoms with Crippen LogP contribution < -0.4 is 5.73 Å². The van der Waals surface area contributed by atoms with Crippen molar-refractivity contribution >= 4 is 11.6 Å². The molecule has 0 spiro atoms. The van der Waals surface area contributed by atoms with Crippen LogP contribution in [-0.2, 0) is 13.1 Å². The van der Waals surface area contributed by atoms with Crippen LogP contribution in [0, 0.1) is 6.92 Å². The number of aryl methyl sites for hydroxylation is 1. The summed E-state index contributed by atoms with van der Waals surface area (Å²) in [5.74, 6) is -0.0544. The second kappa shape index (κ2) is 4.39. The van der Waals surface area contributed by atoms with Gasteiger partial charge in [0.1, 0.15) is 0 Å². The number of nitrogens with zero attached hydrogens (tertiary/aromatic N) is 2. The fourth-order valence-corrected chi connectivity index (χ4v) is 2.41. The summed E-state index contributed by atoms with van der Waals surface area (Å²) in [5, 5.41) is 0. The Kier molecular flexibility index (Phi) is 2.71. The molecule has 0 radical (unpaired) electrons. The minimum absolute atomic E-state index is 0.0544. The highest BCUT2D eigenvalue weighted by Crippen LogP contribution is 2.25. The summed E-state index contributed by atoms with van der Waals surface area (Å²) in [5.41, 5.74) is 10.1. The first kappa shape index (κ1) is 11.7. The summed E-state index contributed by atoms with van der Waals surface area (Å²) in [4.78, 5) is 18.4. The molecule has 0 aliphatic carbocycles. The molecular formula is C15H15N3O. The molecule has 4 heteroatoms. The summed E-state index contributed by atoms with van der Waals surface area (Å²) in [6.07, 6.45) is 1.57. The van der Waals surface area contributed by atoms with Crippen LogP contribution in [0.2, 0.25) is 0 Å². The van der Waals surface area contributed by atoms with E-state index >= 15 is 0 Å². The zero-order valence-corrected chi connectivity index (χ0v) is 10.8. The van der Waals surface area contributed by atoms with Gasteiger partial charge in [0, 0.05) is 30.7 Å². The first-order valence-electron chi connectivity index (χ1n) is 6.23. The standard InChI is InChI=1S/C15H15N3O/c1-10-6-14(16)13(7-17-10)15(19)18-8-11-4-2-3-5-12(11)9-18/h2-7H,8-9H2,1H3,(H2,16,17). The Labute approximate surface area is 111 Å². The summed E-state index contributed by atoms with van der Waals surface area (Å²) >= 11 is 0. The van der Waals surface area contributed by atoms with E-state index in [9.17, 15) is 4.79 Å². The maximum Gasteiger partial charge on any atom is 0.258 e. The van der Waals surface area contributed by atoms with Gasteiger partial charge in [-0.05, 0) is 24.1 Å². The molecule has 0 bridgehead atoms. The van der Waals surface area contributed by atoms with Crippen LogP contribution in [0.3, 0.4) is 0 Å². The van der Waals surface area contributed by atoms with Gasteiger partial charge in [-0.2, -0.15) is 0 Å². The lowest BCUT2D eigenvalue weighted by molar-refractivity contribution is 0.0752. The zero-order chi connectivity index (χ0) is 13.4. The smallest absolute Gasteiger partial charge is 0.258 e. The number of carbonyl (C=O) groups is 1. The first-order valence-corrected chi connectivity index (χ1v) is 6.23. The van der Waals surface area contributed by atoms with E-state index in [-0.39, 0.29) is 5.91 Å². The van der Waals surface area contributed by atoms with Crippen molar-refractivity contribution in [3.63, 3.8) is 0 Å². The topological polar surface area (TPSA) is 59.2 Å². The molecule has 0 saturated heterocycles. The van der Waals surface area contributed by atoms with Crippen LogP contribution in [0.5, 0.6) is 0 Å². The quantitative estimate of drug-likeness (QED) is 0.847. The molecule has 2 aromatic rings. The number of amides is 1. The molecule has 0 unspecified atom stereocenters. The predicted molar refractivity (Wildman–Crippen MR) is 73.4 cm³/mol. The van der Waals surface area contributed by atoms with Crippen LogP contribution in [0.1, 0.15) is 27.2 Å². The maximum absolute atomic E-state index is 12.5. The largest absolute Gasteiger partial charge is 0.398 e. The lowest BCUT2D eigenvalue weighted by Crippen LogP contribution is -2.26. The van der Waals surface area contributed by atoms with Gasteiger partial charge in [0.15, 0.2) is 0 Å². The van der Waals surface area contributed by atoms with Crippen molar-refractivity contribution in [2.75, 3.05) is 5.73 Å². The van der Waals surface area contributed by atoms with Crippen LogP contribution in [-0.4, -0.2) is 15.8 Å². The Balaban J connectivity index is 1.87. The summed E-state index contributed by atoms with van der Waals surface area (Å²) in [7, 11) is 0. The predicted octanol–water partition coefficient (Wildman–Crippen LogP) is 2.13. The number of hydrogen-bond donors (Lipinski definition) is 1. The second-order valence-corrected chi connectivity index (χ2v) is 4.84. The molecule has 1 amide bonds. The highest BCUT2D eigenvalue weighted by Gasteiger charge is 2.25. The molecule has 4 nitrogen and oxygen atoms in total. The van der Waals surface area contributed by atoms with E-state index in [4.69, 9.17) is 5.73 Å². The van der Waals surface area contributed by atoms with E-state index in [0.717, 1.165) is 5.69 Å². The molecule has 0 atom stereocenters. The third-order valence-electron chi connectivity index (χ3n) is 3.43. The number of nitrogen functional groups attached to an aromatic ring is 1. The van der Waals surface area contributed by atoms with Crippen LogP contribution >= 0.6 is 0 Å². The van der Waals surface area contributed by atoms with E-state index in [0.29, 0.717) is 24.3 Å². The minimum atomic E-state index is -0.0544. The van der Waals surface area contributed by atoms with Crippen molar-refractivity contribution in [1.82, 2.24) is 9.88 Å². The van der Waals surface area contributed by atoms with Crippen molar-refractivity contribution in [2.45, 2.75) is 20.0 Å². The molecule has 1 aromatic carbocycles. The molecule has 96 valence electrons. The number of benzene rings is 1. The van der Waals surface area contributed by atoms with E-state index < -0.39 is 0 Å². The molecule has 0 fully saturated rings. The molecule has 1 aliphatic heterocycles. The minimum Gasteiger partial charge on any atom is -0.398 e. The van der Waals surface area contributed by atoms with Gasteiger partial charge in [0.25, 0.3) is 5.91 Å². The number of nitrogens with two attached hydrogens (primary N) is 1. The highest BCUT2D eigenvalue weighted by atomic mass is 16.2. The van der Waals surface area contributed by atoms with Crippen LogP contribution in [0.15, 0.2) is 36.5 Å². The van der Waals surface area contributed by atoms with Crippen molar-refractivity contribution in [3.05, 3.63) is 58.9 Å². The maximum atomic E-state index is 12.5. The number of anilines is 1. The van der Waals surface area contributed by atoms with Gasteiger partial charge in [-0.15, -0.1) is 0 Å². The normalized spacial score (nSPS) is 13.4. The SMILES string of the molecule is Cc1cc(N)c(C(=O)N2Cc3ccccc3C2)cn1. The average molecular weight is 253 g/mol. The van der Waals surface area contributed by atoms with Crippen LogP contribution in [0.25, 0.3) is 0 Å². The van der Waals surface area contributed by atoms with Crippen molar-refractivity contribution in [1.29, 1.82) is 0 Å². The van der Waals surface area contributed by atoms with Gasteiger partial charge in [-0.3, -0.25) is 9.78 Å². The van der Waals surface area contributed by atoms with E-state index in [1.165, 1.54) is 11.1 Å². The number of aromatic nitrogens is 1. The lowest BCUT2D eigenvalue weighted by Gasteiger charge is -2.16. The van der Waals surface area contributed by atoms with Gasteiger partial charge in [-0.1, -0.05) is 24.3 Å².